The summed E-state index contributed by atoms with van der Waals surface area (Å²) < 4.78 is 5.60. The van der Waals surface area contributed by atoms with Crippen molar-refractivity contribution in [2.75, 3.05) is 6.61 Å². The number of carbonyl (C=O) groups excluding carboxylic acids is 2. The molecule has 0 aromatic heterocycles. The van der Waals surface area contributed by atoms with E-state index in [4.69, 9.17) is 4.74 Å². The lowest BCUT2D eigenvalue weighted by molar-refractivity contribution is -0.151. The highest BCUT2D eigenvalue weighted by Gasteiger charge is 2.42. The van der Waals surface area contributed by atoms with Crippen molar-refractivity contribution in [2.45, 2.75) is 57.7 Å². The molecule has 2 aromatic rings. The van der Waals surface area contributed by atoms with Gasteiger partial charge in [0.15, 0.2) is 0 Å². The van der Waals surface area contributed by atoms with E-state index in [0.29, 0.717) is 0 Å². The highest BCUT2D eigenvalue weighted by atomic mass is 16.5. The molecule has 1 saturated carbocycles. The summed E-state index contributed by atoms with van der Waals surface area (Å²) in [4.78, 5) is 38.9. The van der Waals surface area contributed by atoms with Crippen molar-refractivity contribution in [2.24, 2.45) is 5.92 Å². The molecule has 33 heavy (non-hydrogen) atoms. The summed E-state index contributed by atoms with van der Waals surface area (Å²) in [6.07, 6.45) is 0.876. The summed E-state index contributed by atoms with van der Waals surface area (Å²) in [6.45, 7) is 5.30. The van der Waals surface area contributed by atoms with E-state index in [-0.39, 0.29) is 30.4 Å². The third-order valence-corrected chi connectivity index (χ3v) is 6.52. The topological polar surface area (TPSA) is 95.9 Å². The second-order valence-electron chi connectivity index (χ2n) is 9.18. The van der Waals surface area contributed by atoms with Gasteiger partial charge in [-0.2, -0.15) is 0 Å². The van der Waals surface area contributed by atoms with Crippen LogP contribution in [0.25, 0.3) is 11.1 Å². The maximum Gasteiger partial charge on any atom is 0.407 e. The molecule has 2 aliphatic carbocycles. The summed E-state index contributed by atoms with van der Waals surface area (Å²) in [5.74, 6) is -1.73. The van der Waals surface area contributed by atoms with Crippen LogP contribution in [-0.2, 0) is 14.3 Å². The molecule has 1 unspecified atom stereocenters. The monoisotopic (exact) mass is 450 g/mol. The lowest BCUT2D eigenvalue weighted by Gasteiger charge is -2.32. The Hall–Kier alpha value is -3.35. The molecule has 0 bridgehead atoms. The Labute approximate surface area is 193 Å². The van der Waals surface area contributed by atoms with Gasteiger partial charge in [0.25, 0.3) is 0 Å². The predicted octanol–water partition coefficient (Wildman–Crippen LogP) is 4.01. The van der Waals surface area contributed by atoms with Crippen LogP contribution in [0.4, 0.5) is 4.79 Å². The maximum absolute atomic E-state index is 13.2. The molecular weight excluding hydrogens is 420 g/mol. The van der Waals surface area contributed by atoms with E-state index in [2.05, 4.69) is 17.4 Å². The molecule has 2 aliphatic rings. The third kappa shape index (κ3) is 4.58. The fourth-order valence-electron chi connectivity index (χ4n) is 4.60. The van der Waals surface area contributed by atoms with Gasteiger partial charge in [-0.1, -0.05) is 62.4 Å². The molecule has 2 aromatic carbocycles. The van der Waals surface area contributed by atoms with Gasteiger partial charge in [-0.25, -0.2) is 9.59 Å². The summed E-state index contributed by atoms with van der Waals surface area (Å²) in [5, 5.41) is 12.1. The van der Waals surface area contributed by atoms with Gasteiger partial charge in [-0.05, 0) is 47.9 Å². The van der Waals surface area contributed by atoms with Crippen molar-refractivity contribution in [3.8, 4) is 11.1 Å². The minimum atomic E-state index is -1.06. The van der Waals surface area contributed by atoms with E-state index in [0.717, 1.165) is 35.1 Å². The molecule has 0 radical (unpaired) electrons. The number of nitrogens with zero attached hydrogens (tertiary/aromatic N) is 1. The average Bonchev–Trinajstić information content (AvgIpc) is 3.57. The molecule has 174 valence electrons. The second kappa shape index (κ2) is 9.25. The van der Waals surface area contributed by atoms with Crippen molar-refractivity contribution in [3.63, 3.8) is 0 Å². The van der Waals surface area contributed by atoms with Gasteiger partial charge >= 0.3 is 12.1 Å². The largest absolute Gasteiger partial charge is 0.480 e. The number of nitrogens with one attached hydrogen (secondary N) is 1. The van der Waals surface area contributed by atoms with Crippen molar-refractivity contribution >= 4 is 18.0 Å². The minimum Gasteiger partial charge on any atom is -0.480 e. The van der Waals surface area contributed by atoms with Gasteiger partial charge in [0.1, 0.15) is 18.7 Å². The van der Waals surface area contributed by atoms with Crippen molar-refractivity contribution < 1.29 is 24.2 Å². The summed E-state index contributed by atoms with van der Waals surface area (Å²) in [5.41, 5.74) is 4.50. The maximum atomic E-state index is 13.2. The van der Waals surface area contributed by atoms with Gasteiger partial charge < -0.3 is 20.1 Å². The molecular formula is C26H30N2O5. The molecule has 2 N–H and O–H groups in total. The molecule has 0 saturated heterocycles. The normalized spacial score (nSPS) is 16.5. The van der Waals surface area contributed by atoms with Crippen LogP contribution in [0.3, 0.4) is 0 Å². The SMILES string of the molecule is CC(C)[C@H](NC(=O)OCC1c2ccccc2-c2ccccc21)C(=O)N(C1CC1)C(C)C(=O)O. The molecule has 4 rings (SSSR count). The van der Waals surface area contributed by atoms with Crippen LogP contribution < -0.4 is 5.32 Å². The average molecular weight is 451 g/mol. The number of carboxylic acid groups (broad SMARTS) is 1. The highest BCUT2D eigenvalue weighted by Crippen LogP contribution is 2.44. The minimum absolute atomic E-state index is 0.0775. The Morgan fingerprint density at radius 2 is 1.55 bits per heavy atom. The standard InChI is InChI=1S/C26H30N2O5/c1-15(2)23(24(29)28(17-12-13-17)16(3)25(30)31)27-26(32)33-14-22-20-10-6-4-8-18(20)19-9-5-7-11-21(19)22/h4-11,15-17,22-23H,12-14H2,1-3H3,(H,27,32)(H,30,31)/t16?,23-/m0/s1. The molecule has 0 heterocycles. The predicted molar refractivity (Wildman–Crippen MR) is 124 cm³/mol. The van der Waals surface area contributed by atoms with Crippen LogP contribution in [0.1, 0.15) is 50.7 Å². The number of hydrogen-bond donors (Lipinski definition) is 2. The number of aliphatic carboxylic acids is 1. The van der Waals surface area contributed by atoms with Crippen LogP contribution in [0.2, 0.25) is 0 Å². The second-order valence-corrected chi connectivity index (χ2v) is 9.18. The first-order valence-electron chi connectivity index (χ1n) is 11.5. The molecule has 2 atom stereocenters. The molecule has 0 aliphatic heterocycles. The lowest BCUT2D eigenvalue weighted by atomic mass is 9.98. The number of hydrogen-bond acceptors (Lipinski definition) is 4. The quantitative estimate of drug-likeness (QED) is 0.633. The zero-order valence-electron chi connectivity index (χ0n) is 19.2. The van der Waals surface area contributed by atoms with Crippen molar-refractivity contribution in [1.29, 1.82) is 0 Å². The van der Waals surface area contributed by atoms with Gasteiger partial charge in [0.2, 0.25) is 5.91 Å². The van der Waals surface area contributed by atoms with Crippen LogP contribution in [0.5, 0.6) is 0 Å². The van der Waals surface area contributed by atoms with E-state index in [1.807, 2.05) is 50.2 Å². The van der Waals surface area contributed by atoms with E-state index in [1.54, 1.807) is 0 Å². The number of carbonyl (C=O) groups is 3. The fourth-order valence-corrected chi connectivity index (χ4v) is 4.60. The first-order valence-corrected chi connectivity index (χ1v) is 11.5. The van der Waals surface area contributed by atoms with Crippen molar-refractivity contribution in [1.82, 2.24) is 10.2 Å². The van der Waals surface area contributed by atoms with Gasteiger partial charge in [0.05, 0.1) is 0 Å². The van der Waals surface area contributed by atoms with Crippen LogP contribution in [0.15, 0.2) is 48.5 Å². The van der Waals surface area contributed by atoms with E-state index >= 15 is 0 Å². The summed E-state index contributed by atoms with van der Waals surface area (Å²) in [7, 11) is 0. The van der Waals surface area contributed by atoms with Crippen LogP contribution >= 0.6 is 0 Å². The Kier molecular flexibility index (Phi) is 6.40. The first kappa shape index (κ1) is 22.8. The highest BCUT2D eigenvalue weighted by molar-refractivity contribution is 5.90. The van der Waals surface area contributed by atoms with E-state index in [9.17, 15) is 19.5 Å². The number of fused-ring (bicyclic) bond motifs is 3. The zero-order valence-corrected chi connectivity index (χ0v) is 19.2. The molecule has 7 heteroatoms. The fraction of sp³-hybridized carbons (Fsp3) is 0.423. The number of benzene rings is 2. The number of carboxylic acids is 1. The Bertz CT molecular complexity index is 1020. The molecule has 7 nitrogen and oxygen atoms in total. The molecule has 2 amide bonds. The summed E-state index contributed by atoms with van der Waals surface area (Å²) in [6, 6.07) is 14.3. The van der Waals surface area contributed by atoms with Crippen molar-refractivity contribution in [3.05, 3.63) is 59.7 Å². The summed E-state index contributed by atoms with van der Waals surface area (Å²) >= 11 is 0. The number of rotatable bonds is 8. The first-order chi connectivity index (χ1) is 15.8. The third-order valence-electron chi connectivity index (χ3n) is 6.52. The van der Waals surface area contributed by atoms with E-state index < -0.39 is 24.1 Å². The number of alkyl carbamates (subject to hydrolysis) is 1. The van der Waals surface area contributed by atoms with Crippen LogP contribution in [-0.4, -0.2) is 52.7 Å². The smallest absolute Gasteiger partial charge is 0.407 e. The van der Waals surface area contributed by atoms with Crippen LogP contribution in [0, 0.1) is 5.92 Å². The van der Waals surface area contributed by atoms with Gasteiger partial charge in [-0.3, -0.25) is 4.79 Å². The molecule has 1 fully saturated rings. The van der Waals surface area contributed by atoms with Gasteiger partial charge in [0, 0.05) is 12.0 Å². The Balaban J connectivity index is 1.45. The van der Waals surface area contributed by atoms with E-state index in [1.165, 1.54) is 11.8 Å². The Morgan fingerprint density at radius 3 is 2.03 bits per heavy atom. The van der Waals surface area contributed by atoms with Gasteiger partial charge in [-0.15, -0.1) is 0 Å². The Morgan fingerprint density at radius 1 is 1.00 bits per heavy atom. The molecule has 0 spiro atoms. The lowest BCUT2D eigenvalue weighted by Crippen LogP contribution is -2.55. The number of amides is 2. The number of ether oxygens (including phenoxy) is 1. The zero-order chi connectivity index (χ0) is 23.7.